The summed E-state index contributed by atoms with van der Waals surface area (Å²) in [4.78, 5) is 7.00. The first-order chi connectivity index (χ1) is 9.69. The lowest BCUT2D eigenvalue weighted by molar-refractivity contribution is 0.552. The van der Waals surface area contributed by atoms with Crippen LogP contribution in [0.15, 0.2) is 18.3 Å². The van der Waals surface area contributed by atoms with Crippen LogP contribution in [-0.2, 0) is 6.54 Å². The van der Waals surface area contributed by atoms with Gasteiger partial charge in [-0.1, -0.05) is 20.8 Å². The van der Waals surface area contributed by atoms with Crippen LogP contribution in [0.4, 0.5) is 5.82 Å². The molecule has 0 saturated carbocycles. The highest BCUT2D eigenvalue weighted by atomic mass is 32.2. The molecule has 3 nitrogen and oxygen atoms in total. The zero-order valence-corrected chi connectivity index (χ0v) is 13.7. The van der Waals surface area contributed by atoms with Crippen molar-refractivity contribution >= 4 is 17.6 Å². The van der Waals surface area contributed by atoms with Crippen LogP contribution in [0.3, 0.4) is 0 Å². The third-order valence-corrected chi connectivity index (χ3v) is 4.98. The fourth-order valence-corrected chi connectivity index (χ4v) is 3.60. The molecule has 1 aliphatic heterocycles. The van der Waals surface area contributed by atoms with E-state index in [0.29, 0.717) is 5.92 Å². The summed E-state index contributed by atoms with van der Waals surface area (Å²) >= 11 is 2.10. The highest BCUT2D eigenvalue weighted by Crippen LogP contribution is 2.24. The number of anilines is 1. The van der Waals surface area contributed by atoms with Crippen LogP contribution in [-0.4, -0.2) is 35.6 Å². The largest absolute Gasteiger partial charge is 0.355 e. The standard InChI is InChI=1S/C16H27N3S/c1-4-15-12-19(7-8-20-15)16-9-14(5-6-18-16)11-17-10-13(2)3/h5-6,9,13,15,17H,4,7-8,10-12H2,1-3H3. The fraction of sp³-hybridized carbons (Fsp3) is 0.688. The summed E-state index contributed by atoms with van der Waals surface area (Å²) < 4.78 is 0. The summed E-state index contributed by atoms with van der Waals surface area (Å²) in [6.45, 7) is 11.0. The lowest BCUT2D eigenvalue weighted by atomic mass is 10.2. The SMILES string of the molecule is CCC1CN(c2cc(CNCC(C)C)ccn2)CCS1. The Morgan fingerprint density at radius 2 is 2.35 bits per heavy atom. The van der Waals surface area contributed by atoms with Crippen molar-refractivity contribution in [2.24, 2.45) is 5.92 Å². The molecule has 2 heterocycles. The molecule has 1 aliphatic rings. The van der Waals surface area contributed by atoms with E-state index in [1.807, 2.05) is 6.20 Å². The van der Waals surface area contributed by atoms with Crippen LogP contribution in [0.2, 0.25) is 0 Å². The van der Waals surface area contributed by atoms with E-state index in [1.165, 1.54) is 17.7 Å². The number of hydrogen-bond acceptors (Lipinski definition) is 4. The van der Waals surface area contributed by atoms with Crippen molar-refractivity contribution in [2.45, 2.75) is 39.0 Å². The number of pyridine rings is 1. The Morgan fingerprint density at radius 3 is 3.10 bits per heavy atom. The maximum atomic E-state index is 4.56. The van der Waals surface area contributed by atoms with Gasteiger partial charge in [0.05, 0.1) is 0 Å². The van der Waals surface area contributed by atoms with Crippen LogP contribution in [0.5, 0.6) is 0 Å². The van der Waals surface area contributed by atoms with Crippen LogP contribution in [0.1, 0.15) is 32.8 Å². The number of nitrogens with zero attached hydrogens (tertiary/aromatic N) is 2. The first kappa shape index (κ1) is 15.6. The van der Waals surface area contributed by atoms with Gasteiger partial charge in [-0.3, -0.25) is 0 Å². The van der Waals surface area contributed by atoms with Crippen molar-refractivity contribution in [3.8, 4) is 0 Å². The molecule has 112 valence electrons. The third kappa shape index (κ3) is 4.67. The van der Waals surface area contributed by atoms with Gasteiger partial charge in [0, 0.05) is 36.8 Å². The zero-order chi connectivity index (χ0) is 14.4. The molecule has 0 aromatic carbocycles. The minimum atomic E-state index is 0.695. The lowest BCUT2D eigenvalue weighted by Crippen LogP contribution is -2.38. The molecular weight excluding hydrogens is 266 g/mol. The molecule has 1 saturated heterocycles. The van der Waals surface area contributed by atoms with Crippen LogP contribution >= 0.6 is 11.8 Å². The van der Waals surface area contributed by atoms with E-state index in [2.05, 4.69) is 59.9 Å². The molecule has 0 radical (unpaired) electrons. The van der Waals surface area contributed by atoms with Gasteiger partial charge in [0.15, 0.2) is 0 Å². The van der Waals surface area contributed by atoms with E-state index in [4.69, 9.17) is 0 Å². The maximum Gasteiger partial charge on any atom is 0.128 e. The smallest absolute Gasteiger partial charge is 0.128 e. The second kappa shape index (κ2) is 7.89. The first-order valence-corrected chi connectivity index (χ1v) is 8.76. The summed E-state index contributed by atoms with van der Waals surface area (Å²) in [7, 11) is 0. The Balaban J connectivity index is 1.94. The molecule has 1 N–H and O–H groups in total. The average Bonchev–Trinajstić information content (AvgIpc) is 2.47. The predicted molar refractivity (Wildman–Crippen MR) is 89.5 cm³/mol. The molecule has 1 aromatic rings. The van der Waals surface area contributed by atoms with E-state index >= 15 is 0 Å². The maximum absolute atomic E-state index is 4.56. The van der Waals surface area contributed by atoms with Crippen molar-refractivity contribution in [1.82, 2.24) is 10.3 Å². The summed E-state index contributed by atoms with van der Waals surface area (Å²) in [5, 5.41) is 4.26. The molecule has 0 spiro atoms. The van der Waals surface area contributed by atoms with Gasteiger partial charge < -0.3 is 10.2 Å². The predicted octanol–water partition coefficient (Wildman–Crippen LogP) is 3.16. The highest BCUT2D eigenvalue weighted by Gasteiger charge is 2.19. The molecule has 1 aromatic heterocycles. The van der Waals surface area contributed by atoms with E-state index in [-0.39, 0.29) is 0 Å². The van der Waals surface area contributed by atoms with Crippen molar-refractivity contribution in [1.29, 1.82) is 0 Å². The van der Waals surface area contributed by atoms with E-state index in [0.717, 1.165) is 37.2 Å². The van der Waals surface area contributed by atoms with Crippen molar-refractivity contribution in [2.75, 3.05) is 30.3 Å². The Kier molecular flexibility index (Phi) is 6.17. The molecule has 0 aliphatic carbocycles. The minimum absolute atomic E-state index is 0.695. The average molecular weight is 293 g/mol. The topological polar surface area (TPSA) is 28.2 Å². The Labute approximate surface area is 127 Å². The molecule has 4 heteroatoms. The minimum Gasteiger partial charge on any atom is -0.355 e. The van der Waals surface area contributed by atoms with Crippen molar-refractivity contribution < 1.29 is 0 Å². The number of thioether (sulfide) groups is 1. The monoisotopic (exact) mass is 293 g/mol. The summed E-state index contributed by atoms with van der Waals surface area (Å²) in [5.74, 6) is 3.06. The van der Waals surface area contributed by atoms with Crippen LogP contribution in [0.25, 0.3) is 0 Å². The Hall–Kier alpha value is -0.740. The molecule has 20 heavy (non-hydrogen) atoms. The second-order valence-electron chi connectivity index (χ2n) is 5.89. The Morgan fingerprint density at radius 1 is 1.50 bits per heavy atom. The molecule has 1 fully saturated rings. The van der Waals surface area contributed by atoms with Crippen molar-refractivity contribution in [3.63, 3.8) is 0 Å². The van der Waals surface area contributed by atoms with Crippen LogP contribution in [0, 0.1) is 5.92 Å². The zero-order valence-electron chi connectivity index (χ0n) is 12.9. The summed E-state index contributed by atoms with van der Waals surface area (Å²) in [5.41, 5.74) is 1.34. The molecule has 1 atom stereocenters. The normalized spacial score (nSPS) is 19.6. The van der Waals surface area contributed by atoms with E-state index < -0.39 is 0 Å². The van der Waals surface area contributed by atoms with Gasteiger partial charge in [-0.2, -0.15) is 11.8 Å². The Bertz CT molecular complexity index is 408. The summed E-state index contributed by atoms with van der Waals surface area (Å²) in [6, 6.07) is 4.36. The van der Waals surface area contributed by atoms with Gasteiger partial charge >= 0.3 is 0 Å². The molecule has 0 amide bonds. The van der Waals surface area contributed by atoms with Gasteiger partial charge in [0.1, 0.15) is 5.82 Å². The summed E-state index contributed by atoms with van der Waals surface area (Å²) in [6.07, 6.45) is 3.20. The first-order valence-electron chi connectivity index (χ1n) is 7.71. The molecule has 2 rings (SSSR count). The number of hydrogen-bond donors (Lipinski definition) is 1. The highest BCUT2D eigenvalue weighted by molar-refractivity contribution is 8.00. The van der Waals surface area contributed by atoms with E-state index in [1.54, 1.807) is 0 Å². The number of aromatic nitrogens is 1. The van der Waals surface area contributed by atoms with Gasteiger partial charge in [-0.25, -0.2) is 4.98 Å². The van der Waals surface area contributed by atoms with Gasteiger partial charge in [-0.05, 0) is 36.6 Å². The number of nitrogens with one attached hydrogen (secondary N) is 1. The molecule has 0 bridgehead atoms. The lowest BCUT2D eigenvalue weighted by Gasteiger charge is -2.33. The second-order valence-corrected chi connectivity index (χ2v) is 7.30. The third-order valence-electron chi connectivity index (χ3n) is 3.61. The molecule has 1 unspecified atom stereocenters. The quantitative estimate of drug-likeness (QED) is 0.872. The van der Waals surface area contributed by atoms with Crippen molar-refractivity contribution in [3.05, 3.63) is 23.9 Å². The molecular formula is C16H27N3S. The van der Waals surface area contributed by atoms with E-state index in [9.17, 15) is 0 Å². The number of rotatable bonds is 6. The van der Waals surface area contributed by atoms with Crippen LogP contribution < -0.4 is 10.2 Å². The van der Waals surface area contributed by atoms with Gasteiger partial charge in [0.2, 0.25) is 0 Å². The van der Waals surface area contributed by atoms with Gasteiger partial charge in [0.25, 0.3) is 0 Å². The fourth-order valence-electron chi connectivity index (χ4n) is 2.42. The van der Waals surface area contributed by atoms with Gasteiger partial charge in [-0.15, -0.1) is 0 Å².